The highest BCUT2D eigenvalue weighted by Crippen LogP contribution is 2.36. The van der Waals surface area contributed by atoms with Gasteiger partial charge in [0.1, 0.15) is 11.3 Å². The van der Waals surface area contributed by atoms with Crippen LogP contribution in [0.25, 0.3) is 0 Å². The van der Waals surface area contributed by atoms with Gasteiger partial charge in [0.05, 0.1) is 13.8 Å². The van der Waals surface area contributed by atoms with E-state index in [1.807, 2.05) is 12.1 Å². The average Bonchev–Trinajstić information content (AvgIpc) is 2.89. The van der Waals surface area contributed by atoms with Crippen LogP contribution >= 0.6 is 0 Å². The van der Waals surface area contributed by atoms with Gasteiger partial charge in [-0.15, -0.1) is 0 Å². The van der Waals surface area contributed by atoms with E-state index in [4.69, 9.17) is 4.74 Å². The predicted octanol–water partition coefficient (Wildman–Crippen LogP) is 2.67. The van der Waals surface area contributed by atoms with Gasteiger partial charge in [-0.1, -0.05) is 6.92 Å². The summed E-state index contributed by atoms with van der Waals surface area (Å²) in [5.74, 6) is 1.47. The molecule has 7 nitrogen and oxygen atoms in total. The number of benzene rings is 1. The van der Waals surface area contributed by atoms with Gasteiger partial charge in [-0.25, -0.2) is 9.69 Å². The lowest BCUT2D eigenvalue weighted by Crippen LogP contribution is -2.50. The maximum Gasteiger partial charge on any atom is 0.326 e. The Morgan fingerprint density at radius 2 is 1.79 bits per heavy atom. The minimum atomic E-state index is -0.648. The number of nitrogens with zero attached hydrogens (tertiary/aromatic N) is 3. The van der Waals surface area contributed by atoms with Gasteiger partial charge in [0.2, 0.25) is 0 Å². The fourth-order valence-electron chi connectivity index (χ4n) is 4.76. The van der Waals surface area contributed by atoms with Crippen molar-refractivity contribution < 1.29 is 14.3 Å². The summed E-state index contributed by atoms with van der Waals surface area (Å²) in [6, 6.07) is 7.91. The highest BCUT2D eigenvalue weighted by Gasteiger charge is 2.52. The molecule has 3 aliphatic rings. The number of methoxy groups -OCH3 is 1. The van der Waals surface area contributed by atoms with E-state index in [0.717, 1.165) is 64.0 Å². The lowest BCUT2D eigenvalue weighted by molar-refractivity contribution is -0.134. The van der Waals surface area contributed by atoms with Crippen LogP contribution in [-0.2, 0) is 4.79 Å². The number of anilines is 1. The molecule has 7 heteroatoms. The highest BCUT2D eigenvalue weighted by molar-refractivity contribution is 6.07. The summed E-state index contributed by atoms with van der Waals surface area (Å²) in [7, 11) is 1.67. The third kappa shape index (κ3) is 4.06. The van der Waals surface area contributed by atoms with Crippen LogP contribution in [0.3, 0.4) is 0 Å². The molecule has 1 saturated carbocycles. The van der Waals surface area contributed by atoms with Crippen molar-refractivity contribution in [2.45, 2.75) is 44.6 Å². The number of urea groups is 1. The van der Waals surface area contributed by atoms with Crippen molar-refractivity contribution in [1.82, 2.24) is 15.1 Å². The number of carbonyl (C=O) groups excluding carboxylic acids is 2. The van der Waals surface area contributed by atoms with Crippen molar-refractivity contribution in [2.75, 3.05) is 44.9 Å². The molecule has 158 valence electrons. The molecule has 0 aromatic heterocycles. The van der Waals surface area contributed by atoms with Gasteiger partial charge in [-0.3, -0.25) is 9.69 Å². The topological polar surface area (TPSA) is 65.1 Å². The molecule has 0 bridgehead atoms. The first-order valence-corrected chi connectivity index (χ1v) is 10.8. The summed E-state index contributed by atoms with van der Waals surface area (Å²) in [5, 5.41) is 3.03. The van der Waals surface area contributed by atoms with E-state index in [2.05, 4.69) is 34.2 Å². The maximum atomic E-state index is 13.1. The smallest absolute Gasteiger partial charge is 0.326 e. The molecule has 0 radical (unpaired) electrons. The molecule has 2 saturated heterocycles. The first-order chi connectivity index (χ1) is 14.0. The van der Waals surface area contributed by atoms with E-state index >= 15 is 0 Å². The fourth-order valence-corrected chi connectivity index (χ4v) is 4.76. The Morgan fingerprint density at radius 1 is 1.07 bits per heavy atom. The summed E-state index contributed by atoms with van der Waals surface area (Å²) in [5.41, 5.74) is 0.530. The van der Waals surface area contributed by atoms with E-state index < -0.39 is 5.54 Å². The van der Waals surface area contributed by atoms with Crippen molar-refractivity contribution in [3.8, 4) is 5.75 Å². The number of ether oxygens (including phenoxy) is 1. The van der Waals surface area contributed by atoms with Gasteiger partial charge in [-0.05, 0) is 62.3 Å². The minimum absolute atomic E-state index is 0.0225. The summed E-state index contributed by atoms with van der Waals surface area (Å²) in [6.45, 7) is 6.15. The minimum Gasteiger partial charge on any atom is -0.497 e. The van der Waals surface area contributed by atoms with E-state index in [0.29, 0.717) is 12.6 Å². The summed E-state index contributed by atoms with van der Waals surface area (Å²) in [4.78, 5) is 31.7. The second-order valence-electron chi connectivity index (χ2n) is 8.73. The van der Waals surface area contributed by atoms with Crippen LogP contribution < -0.4 is 15.0 Å². The monoisotopic (exact) mass is 400 g/mol. The Kier molecular flexibility index (Phi) is 5.67. The molecule has 2 heterocycles. The van der Waals surface area contributed by atoms with Gasteiger partial charge in [0, 0.05) is 31.9 Å². The number of nitrogens with one attached hydrogen (secondary N) is 1. The number of imide groups is 1. The Morgan fingerprint density at radius 3 is 2.48 bits per heavy atom. The number of rotatable bonds is 4. The number of hydrogen-bond donors (Lipinski definition) is 1. The number of hydrogen-bond acceptors (Lipinski definition) is 5. The molecular weight excluding hydrogens is 368 g/mol. The molecule has 29 heavy (non-hydrogen) atoms. The van der Waals surface area contributed by atoms with Crippen molar-refractivity contribution in [3.63, 3.8) is 0 Å². The van der Waals surface area contributed by atoms with E-state index in [9.17, 15) is 9.59 Å². The highest BCUT2D eigenvalue weighted by atomic mass is 16.5. The van der Waals surface area contributed by atoms with E-state index in [-0.39, 0.29) is 11.9 Å². The normalized spacial score (nSPS) is 28.6. The van der Waals surface area contributed by atoms with Gasteiger partial charge < -0.3 is 15.0 Å². The molecule has 1 aromatic carbocycles. The molecular formula is C22H32N4O3. The van der Waals surface area contributed by atoms with Crippen LogP contribution in [0.2, 0.25) is 0 Å². The zero-order chi connectivity index (χ0) is 20.4. The lowest BCUT2D eigenvalue weighted by atomic mass is 9.77. The zero-order valence-corrected chi connectivity index (χ0v) is 17.5. The van der Waals surface area contributed by atoms with Crippen LogP contribution in [0, 0.1) is 5.92 Å². The molecule has 3 fully saturated rings. The van der Waals surface area contributed by atoms with Gasteiger partial charge in [0.25, 0.3) is 5.91 Å². The molecule has 1 aromatic rings. The second kappa shape index (κ2) is 8.22. The summed E-state index contributed by atoms with van der Waals surface area (Å²) in [6.07, 6.45) is 4.53. The van der Waals surface area contributed by atoms with Crippen LogP contribution in [0.15, 0.2) is 24.3 Å². The summed E-state index contributed by atoms with van der Waals surface area (Å²) >= 11 is 0. The molecule has 0 atom stereocenters. The second-order valence-corrected chi connectivity index (χ2v) is 8.73. The van der Waals surface area contributed by atoms with Crippen molar-refractivity contribution >= 4 is 17.6 Å². The molecule has 1 aliphatic carbocycles. The molecule has 3 amide bonds. The molecule has 2 aliphatic heterocycles. The molecule has 4 rings (SSSR count). The number of carbonyl (C=O) groups is 2. The first-order valence-electron chi connectivity index (χ1n) is 10.8. The van der Waals surface area contributed by atoms with Crippen LogP contribution in [0.5, 0.6) is 5.75 Å². The van der Waals surface area contributed by atoms with E-state index in [1.54, 1.807) is 7.11 Å². The zero-order valence-electron chi connectivity index (χ0n) is 17.5. The molecule has 1 N–H and O–H groups in total. The Hall–Kier alpha value is -2.28. The largest absolute Gasteiger partial charge is 0.497 e. The standard InChI is InChI=1S/C22H32N4O3/c1-17-8-10-22(11-9-17)20(27)26(21(28)23-22)16-24-12-3-13-25(15-14-24)18-4-6-19(29-2)7-5-18/h4-7,17H,3,8-16H2,1-2H3,(H,23,28). The van der Waals surface area contributed by atoms with Crippen LogP contribution in [0.1, 0.15) is 39.0 Å². The van der Waals surface area contributed by atoms with E-state index in [1.165, 1.54) is 10.6 Å². The number of amides is 3. The summed E-state index contributed by atoms with van der Waals surface area (Å²) < 4.78 is 5.24. The molecule has 1 spiro atoms. The molecule has 0 unspecified atom stereocenters. The van der Waals surface area contributed by atoms with Crippen molar-refractivity contribution in [2.24, 2.45) is 5.92 Å². The Balaban J connectivity index is 1.36. The quantitative estimate of drug-likeness (QED) is 0.788. The Bertz CT molecular complexity index is 743. The predicted molar refractivity (Wildman–Crippen MR) is 112 cm³/mol. The van der Waals surface area contributed by atoms with Gasteiger partial charge >= 0.3 is 6.03 Å². The third-order valence-corrected chi connectivity index (χ3v) is 6.74. The first kappa shape index (κ1) is 20.0. The third-order valence-electron chi connectivity index (χ3n) is 6.74. The van der Waals surface area contributed by atoms with Crippen LogP contribution in [0.4, 0.5) is 10.5 Å². The van der Waals surface area contributed by atoms with Crippen LogP contribution in [-0.4, -0.2) is 67.2 Å². The van der Waals surface area contributed by atoms with Crippen molar-refractivity contribution in [1.29, 1.82) is 0 Å². The Labute approximate surface area is 173 Å². The van der Waals surface area contributed by atoms with Crippen molar-refractivity contribution in [3.05, 3.63) is 24.3 Å². The SMILES string of the molecule is COc1ccc(N2CCCN(CN3C(=O)NC4(CCC(C)CC4)C3=O)CC2)cc1. The van der Waals surface area contributed by atoms with Gasteiger partial charge in [-0.2, -0.15) is 0 Å². The lowest BCUT2D eigenvalue weighted by Gasteiger charge is -2.34. The average molecular weight is 401 g/mol. The van der Waals surface area contributed by atoms with Gasteiger partial charge in [0.15, 0.2) is 0 Å². The fraction of sp³-hybridized carbons (Fsp3) is 0.636. The maximum absolute atomic E-state index is 13.1.